The summed E-state index contributed by atoms with van der Waals surface area (Å²) in [6.45, 7) is 2.38. The van der Waals surface area contributed by atoms with Crippen LogP contribution in [0, 0.1) is 11.7 Å². The summed E-state index contributed by atoms with van der Waals surface area (Å²) in [5, 5.41) is 3.69. The molecule has 1 aromatic rings. The Morgan fingerprint density at radius 3 is 3.13 bits per heavy atom. The minimum Gasteiger partial charge on any atom is -0.383 e. The van der Waals surface area contributed by atoms with E-state index in [0.717, 1.165) is 26.2 Å². The van der Waals surface area contributed by atoms with Gasteiger partial charge in [0.25, 0.3) is 0 Å². The molecule has 1 aliphatic heterocycles. The zero-order valence-electron chi connectivity index (χ0n) is 8.30. The van der Waals surface area contributed by atoms with Gasteiger partial charge in [0.1, 0.15) is 5.82 Å². The van der Waals surface area contributed by atoms with Crippen LogP contribution in [0.15, 0.2) is 18.2 Å². The van der Waals surface area contributed by atoms with Gasteiger partial charge >= 0.3 is 0 Å². The molecule has 0 saturated carbocycles. The molecule has 2 rings (SSSR count). The van der Waals surface area contributed by atoms with Crippen molar-refractivity contribution >= 4 is 17.3 Å². The average molecular weight is 230 g/mol. The SMILES string of the molecule is Fc1ccc(Cl)c(NCC2CCOC2)c1. The minimum atomic E-state index is -0.274. The summed E-state index contributed by atoms with van der Waals surface area (Å²) >= 11 is 5.92. The summed E-state index contributed by atoms with van der Waals surface area (Å²) in [7, 11) is 0. The third kappa shape index (κ3) is 2.83. The molecule has 1 aromatic carbocycles. The second-order valence-electron chi connectivity index (χ2n) is 3.73. The van der Waals surface area contributed by atoms with Crippen molar-refractivity contribution in [3.8, 4) is 0 Å². The zero-order valence-corrected chi connectivity index (χ0v) is 9.06. The molecule has 1 atom stereocenters. The number of anilines is 1. The van der Waals surface area contributed by atoms with Gasteiger partial charge in [-0.25, -0.2) is 4.39 Å². The van der Waals surface area contributed by atoms with Gasteiger partial charge in [-0.15, -0.1) is 0 Å². The van der Waals surface area contributed by atoms with Crippen molar-refractivity contribution in [2.75, 3.05) is 25.1 Å². The molecule has 0 spiro atoms. The van der Waals surface area contributed by atoms with Crippen LogP contribution in [0.1, 0.15) is 6.42 Å². The van der Waals surface area contributed by atoms with Crippen molar-refractivity contribution in [2.24, 2.45) is 5.92 Å². The maximum atomic E-state index is 12.9. The van der Waals surface area contributed by atoms with E-state index in [-0.39, 0.29) is 5.82 Å². The highest BCUT2D eigenvalue weighted by molar-refractivity contribution is 6.33. The molecule has 4 heteroatoms. The van der Waals surface area contributed by atoms with Crippen molar-refractivity contribution in [2.45, 2.75) is 6.42 Å². The highest BCUT2D eigenvalue weighted by Gasteiger charge is 2.15. The second kappa shape index (κ2) is 4.81. The first-order chi connectivity index (χ1) is 7.25. The van der Waals surface area contributed by atoms with Gasteiger partial charge in [0.05, 0.1) is 17.3 Å². The molecular weight excluding hydrogens is 217 g/mol. The van der Waals surface area contributed by atoms with Crippen LogP contribution in [0.3, 0.4) is 0 Å². The lowest BCUT2D eigenvalue weighted by Crippen LogP contribution is -2.14. The lowest BCUT2D eigenvalue weighted by molar-refractivity contribution is 0.187. The molecule has 1 N–H and O–H groups in total. The molecule has 0 aliphatic carbocycles. The number of hydrogen-bond acceptors (Lipinski definition) is 2. The predicted octanol–water partition coefficient (Wildman–Crippen LogP) is 2.93. The van der Waals surface area contributed by atoms with E-state index in [4.69, 9.17) is 16.3 Å². The third-order valence-electron chi connectivity index (χ3n) is 2.53. The van der Waals surface area contributed by atoms with Crippen molar-refractivity contribution in [1.82, 2.24) is 0 Å². The van der Waals surface area contributed by atoms with E-state index in [0.29, 0.717) is 16.6 Å². The molecule has 15 heavy (non-hydrogen) atoms. The lowest BCUT2D eigenvalue weighted by Gasteiger charge is -2.11. The Bertz CT molecular complexity index is 339. The topological polar surface area (TPSA) is 21.3 Å². The van der Waals surface area contributed by atoms with Gasteiger partial charge in [0, 0.05) is 19.1 Å². The summed E-state index contributed by atoms with van der Waals surface area (Å²) < 4.78 is 18.2. The first-order valence-electron chi connectivity index (χ1n) is 5.02. The third-order valence-corrected chi connectivity index (χ3v) is 2.86. The molecule has 2 nitrogen and oxygen atoms in total. The van der Waals surface area contributed by atoms with Gasteiger partial charge < -0.3 is 10.1 Å². The van der Waals surface area contributed by atoms with Crippen molar-refractivity contribution in [3.63, 3.8) is 0 Å². The number of hydrogen-bond donors (Lipinski definition) is 1. The quantitative estimate of drug-likeness (QED) is 0.861. The summed E-state index contributed by atoms with van der Waals surface area (Å²) in [6, 6.07) is 4.33. The number of benzene rings is 1. The molecule has 82 valence electrons. The number of ether oxygens (including phenoxy) is 1. The maximum absolute atomic E-state index is 12.9. The van der Waals surface area contributed by atoms with E-state index in [1.54, 1.807) is 6.07 Å². The fourth-order valence-corrected chi connectivity index (χ4v) is 1.82. The van der Waals surface area contributed by atoms with Gasteiger partial charge in [-0.3, -0.25) is 0 Å². The van der Waals surface area contributed by atoms with E-state index in [1.165, 1.54) is 12.1 Å². The molecule has 0 bridgehead atoms. The minimum absolute atomic E-state index is 0.274. The standard InChI is InChI=1S/C11H13ClFNO/c12-10-2-1-9(13)5-11(10)14-6-8-3-4-15-7-8/h1-2,5,8,14H,3-4,6-7H2. The van der Waals surface area contributed by atoms with Crippen LogP contribution in [0.25, 0.3) is 0 Å². The van der Waals surface area contributed by atoms with Crippen LogP contribution in [0.2, 0.25) is 5.02 Å². The number of nitrogens with one attached hydrogen (secondary N) is 1. The van der Waals surface area contributed by atoms with Crippen LogP contribution in [-0.2, 0) is 4.74 Å². The first-order valence-corrected chi connectivity index (χ1v) is 5.40. The Hall–Kier alpha value is -0.800. The molecule has 0 aromatic heterocycles. The Morgan fingerprint density at radius 1 is 1.53 bits per heavy atom. The van der Waals surface area contributed by atoms with E-state index in [1.807, 2.05) is 0 Å². The zero-order chi connectivity index (χ0) is 10.7. The average Bonchev–Trinajstić information content (AvgIpc) is 2.72. The van der Waals surface area contributed by atoms with E-state index < -0.39 is 0 Å². The fraction of sp³-hybridized carbons (Fsp3) is 0.455. The summed E-state index contributed by atoms with van der Waals surface area (Å²) in [5.74, 6) is 0.230. The van der Waals surface area contributed by atoms with Crippen LogP contribution in [0.4, 0.5) is 10.1 Å². The highest BCUT2D eigenvalue weighted by atomic mass is 35.5. The maximum Gasteiger partial charge on any atom is 0.125 e. The molecular formula is C11H13ClFNO. The normalized spacial score (nSPS) is 20.5. The van der Waals surface area contributed by atoms with Crippen LogP contribution in [-0.4, -0.2) is 19.8 Å². The Morgan fingerprint density at radius 2 is 2.40 bits per heavy atom. The van der Waals surface area contributed by atoms with Gasteiger partial charge in [-0.1, -0.05) is 11.6 Å². The van der Waals surface area contributed by atoms with Gasteiger partial charge in [-0.05, 0) is 24.6 Å². The molecule has 0 radical (unpaired) electrons. The summed E-state index contributed by atoms with van der Waals surface area (Å²) in [6.07, 6.45) is 1.06. The predicted molar refractivity (Wildman–Crippen MR) is 58.8 cm³/mol. The Kier molecular flexibility index (Phi) is 3.44. The number of halogens is 2. The largest absolute Gasteiger partial charge is 0.383 e. The van der Waals surface area contributed by atoms with Gasteiger partial charge in [0.15, 0.2) is 0 Å². The first kappa shape index (κ1) is 10.7. The van der Waals surface area contributed by atoms with Gasteiger partial charge in [0.2, 0.25) is 0 Å². The van der Waals surface area contributed by atoms with Crippen molar-refractivity contribution in [1.29, 1.82) is 0 Å². The van der Waals surface area contributed by atoms with E-state index >= 15 is 0 Å². The van der Waals surface area contributed by atoms with E-state index in [2.05, 4.69) is 5.32 Å². The second-order valence-corrected chi connectivity index (χ2v) is 4.14. The van der Waals surface area contributed by atoms with Crippen molar-refractivity contribution in [3.05, 3.63) is 29.0 Å². The Labute approximate surface area is 93.4 Å². The fourth-order valence-electron chi connectivity index (χ4n) is 1.63. The Balaban J connectivity index is 1.94. The van der Waals surface area contributed by atoms with Crippen LogP contribution < -0.4 is 5.32 Å². The molecule has 1 aliphatic rings. The lowest BCUT2D eigenvalue weighted by atomic mass is 10.1. The number of rotatable bonds is 3. The van der Waals surface area contributed by atoms with Crippen molar-refractivity contribution < 1.29 is 9.13 Å². The molecule has 1 heterocycles. The van der Waals surface area contributed by atoms with Crippen LogP contribution >= 0.6 is 11.6 Å². The monoisotopic (exact) mass is 229 g/mol. The molecule has 1 fully saturated rings. The molecule has 1 saturated heterocycles. The molecule has 0 amide bonds. The van der Waals surface area contributed by atoms with Gasteiger partial charge in [-0.2, -0.15) is 0 Å². The van der Waals surface area contributed by atoms with Crippen LogP contribution in [0.5, 0.6) is 0 Å². The molecule has 1 unspecified atom stereocenters. The highest BCUT2D eigenvalue weighted by Crippen LogP contribution is 2.23. The van der Waals surface area contributed by atoms with E-state index in [9.17, 15) is 4.39 Å². The summed E-state index contributed by atoms with van der Waals surface area (Å²) in [4.78, 5) is 0. The summed E-state index contributed by atoms with van der Waals surface area (Å²) in [5.41, 5.74) is 0.656. The smallest absolute Gasteiger partial charge is 0.125 e.